The molecule has 8 nitrogen and oxygen atoms in total. The van der Waals surface area contributed by atoms with Crippen molar-refractivity contribution in [3.8, 4) is 6.07 Å². The van der Waals surface area contributed by atoms with Crippen LogP contribution in [0.5, 0.6) is 0 Å². The van der Waals surface area contributed by atoms with Crippen LogP contribution < -0.4 is 5.56 Å². The SMILES string of the molecule is COC(=O)c1cc(C#N)c(=O)n(Cc2ccc(C(=O)OC)o2)c1. The van der Waals surface area contributed by atoms with Crippen molar-refractivity contribution < 1.29 is 23.5 Å². The van der Waals surface area contributed by atoms with Crippen molar-refractivity contribution in [3.05, 3.63) is 57.4 Å². The maximum Gasteiger partial charge on any atom is 0.373 e. The van der Waals surface area contributed by atoms with Crippen molar-refractivity contribution >= 4 is 11.9 Å². The van der Waals surface area contributed by atoms with Crippen LogP contribution in [0.15, 0.2) is 33.6 Å². The summed E-state index contributed by atoms with van der Waals surface area (Å²) in [5.74, 6) is -1.05. The molecule has 0 spiro atoms. The number of hydrogen-bond donors (Lipinski definition) is 0. The molecular formula is C15H12N2O6. The Hall–Kier alpha value is -3.34. The molecule has 0 saturated carbocycles. The van der Waals surface area contributed by atoms with E-state index in [0.717, 1.165) is 10.6 Å². The number of methoxy groups -OCH3 is 2. The Morgan fingerprint density at radius 2 is 1.96 bits per heavy atom. The molecule has 118 valence electrons. The summed E-state index contributed by atoms with van der Waals surface area (Å²) in [7, 11) is 2.41. The molecule has 0 aliphatic heterocycles. The van der Waals surface area contributed by atoms with E-state index in [2.05, 4.69) is 9.47 Å². The van der Waals surface area contributed by atoms with E-state index < -0.39 is 17.5 Å². The predicted molar refractivity (Wildman–Crippen MR) is 75.9 cm³/mol. The van der Waals surface area contributed by atoms with Gasteiger partial charge in [0.1, 0.15) is 17.4 Å². The Labute approximate surface area is 130 Å². The van der Waals surface area contributed by atoms with Gasteiger partial charge in [-0.15, -0.1) is 0 Å². The van der Waals surface area contributed by atoms with Gasteiger partial charge in [-0.3, -0.25) is 4.79 Å². The van der Waals surface area contributed by atoms with Crippen LogP contribution in [0.25, 0.3) is 0 Å². The molecule has 2 aromatic heterocycles. The Morgan fingerprint density at radius 3 is 2.57 bits per heavy atom. The minimum absolute atomic E-state index is 0.0137. The van der Waals surface area contributed by atoms with Crippen LogP contribution in [-0.2, 0) is 16.0 Å². The molecule has 0 amide bonds. The van der Waals surface area contributed by atoms with E-state index in [1.807, 2.05) is 0 Å². The van der Waals surface area contributed by atoms with Crippen molar-refractivity contribution in [2.45, 2.75) is 6.54 Å². The number of ether oxygens (including phenoxy) is 2. The second-order valence-corrected chi connectivity index (χ2v) is 4.44. The first-order chi connectivity index (χ1) is 11.0. The third-order valence-corrected chi connectivity index (χ3v) is 3.00. The fourth-order valence-electron chi connectivity index (χ4n) is 1.90. The average molecular weight is 316 g/mol. The molecule has 0 aliphatic rings. The van der Waals surface area contributed by atoms with Crippen molar-refractivity contribution in [1.82, 2.24) is 4.57 Å². The van der Waals surface area contributed by atoms with Gasteiger partial charge in [0.05, 0.1) is 26.3 Å². The largest absolute Gasteiger partial charge is 0.465 e. The highest BCUT2D eigenvalue weighted by Crippen LogP contribution is 2.11. The molecule has 0 aromatic carbocycles. The quantitative estimate of drug-likeness (QED) is 0.771. The first-order valence-electron chi connectivity index (χ1n) is 6.40. The second kappa shape index (κ2) is 6.62. The van der Waals surface area contributed by atoms with Gasteiger partial charge in [0.25, 0.3) is 5.56 Å². The second-order valence-electron chi connectivity index (χ2n) is 4.44. The summed E-state index contributed by atoms with van der Waals surface area (Å²) in [5, 5.41) is 9.00. The number of esters is 2. The van der Waals surface area contributed by atoms with Gasteiger partial charge in [-0.05, 0) is 18.2 Å². The summed E-state index contributed by atoms with van der Waals surface area (Å²) < 4.78 is 15.5. The summed E-state index contributed by atoms with van der Waals surface area (Å²) >= 11 is 0. The van der Waals surface area contributed by atoms with Gasteiger partial charge in [0, 0.05) is 6.20 Å². The number of hydrogen-bond acceptors (Lipinski definition) is 7. The molecule has 8 heteroatoms. The molecular weight excluding hydrogens is 304 g/mol. The number of aromatic nitrogens is 1. The monoisotopic (exact) mass is 316 g/mol. The van der Waals surface area contributed by atoms with Gasteiger partial charge in [0.2, 0.25) is 5.76 Å². The van der Waals surface area contributed by atoms with Gasteiger partial charge in [-0.1, -0.05) is 0 Å². The first kappa shape index (κ1) is 16.0. The summed E-state index contributed by atoms with van der Waals surface area (Å²) in [6.07, 6.45) is 1.26. The Balaban J connectivity index is 2.41. The Bertz CT molecular complexity index is 856. The zero-order chi connectivity index (χ0) is 17.0. The molecule has 0 fully saturated rings. The molecule has 0 unspecified atom stereocenters. The number of nitrogens with zero attached hydrogens (tertiary/aromatic N) is 2. The number of nitriles is 1. The topological polar surface area (TPSA) is 112 Å². The van der Waals surface area contributed by atoms with E-state index >= 15 is 0 Å². The van der Waals surface area contributed by atoms with Crippen LogP contribution in [-0.4, -0.2) is 30.7 Å². The standard InChI is InChI=1S/C15H12N2O6/c1-21-14(19)10-5-9(6-16)13(18)17(7-10)8-11-3-4-12(23-11)15(20)22-2/h3-5,7H,8H2,1-2H3. The highest BCUT2D eigenvalue weighted by molar-refractivity contribution is 5.89. The van der Waals surface area contributed by atoms with Crippen LogP contribution in [0.4, 0.5) is 0 Å². The summed E-state index contributed by atoms with van der Waals surface area (Å²) in [6, 6.07) is 5.79. The number of pyridine rings is 1. The zero-order valence-corrected chi connectivity index (χ0v) is 12.4. The van der Waals surface area contributed by atoms with Crippen LogP contribution in [0.2, 0.25) is 0 Å². The van der Waals surface area contributed by atoms with Crippen LogP contribution >= 0.6 is 0 Å². The molecule has 2 rings (SSSR count). The predicted octanol–water partition coefficient (Wildman–Crippen LogP) is 0.934. The van der Waals surface area contributed by atoms with Gasteiger partial charge >= 0.3 is 11.9 Å². The molecule has 0 radical (unpaired) electrons. The minimum Gasteiger partial charge on any atom is -0.465 e. The molecule has 0 atom stereocenters. The van der Waals surface area contributed by atoms with E-state index in [9.17, 15) is 14.4 Å². The first-order valence-corrected chi connectivity index (χ1v) is 6.40. The molecule has 0 saturated heterocycles. The normalized spacial score (nSPS) is 9.96. The van der Waals surface area contributed by atoms with Gasteiger partial charge in [0.15, 0.2) is 0 Å². The molecule has 0 aliphatic carbocycles. The number of carbonyl (C=O) groups excluding carboxylic acids is 2. The maximum absolute atomic E-state index is 12.1. The van der Waals surface area contributed by atoms with Gasteiger partial charge < -0.3 is 18.5 Å². The highest BCUT2D eigenvalue weighted by Gasteiger charge is 2.15. The van der Waals surface area contributed by atoms with Gasteiger partial charge in [-0.25, -0.2) is 9.59 Å². The number of rotatable bonds is 4. The highest BCUT2D eigenvalue weighted by atomic mass is 16.5. The van der Waals surface area contributed by atoms with Crippen LogP contribution in [0.3, 0.4) is 0 Å². The lowest BCUT2D eigenvalue weighted by Crippen LogP contribution is -2.24. The van der Waals surface area contributed by atoms with Crippen molar-refractivity contribution in [1.29, 1.82) is 5.26 Å². The fraction of sp³-hybridized carbons (Fsp3) is 0.200. The van der Waals surface area contributed by atoms with Gasteiger partial charge in [-0.2, -0.15) is 5.26 Å². The average Bonchev–Trinajstić information content (AvgIpc) is 3.03. The van der Waals surface area contributed by atoms with Crippen LogP contribution in [0.1, 0.15) is 32.2 Å². The van der Waals surface area contributed by atoms with E-state index in [-0.39, 0.29) is 23.4 Å². The third-order valence-electron chi connectivity index (χ3n) is 3.00. The van der Waals surface area contributed by atoms with Crippen LogP contribution in [0, 0.1) is 11.3 Å². The molecule has 2 heterocycles. The lowest BCUT2D eigenvalue weighted by molar-refractivity contribution is 0.0561. The molecule has 23 heavy (non-hydrogen) atoms. The summed E-state index contributed by atoms with van der Waals surface area (Å²) in [4.78, 5) is 35.1. The molecule has 0 bridgehead atoms. The Morgan fingerprint density at radius 1 is 1.26 bits per heavy atom. The van der Waals surface area contributed by atoms with Crippen molar-refractivity contribution in [2.75, 3.05) is 14.2 Å². The summed E-state index contributed by atoms with van der Waals surface area (Å²) in [5.41, 5.74) is -0.729. The van der Waals surface area contributed by atoms with E-state index in [4.69, 9.17) is 9.68 Å². The maximum atomic E-state index is 12.1. The minimum atomic E-state index is -0.676. The lowest BCUT2D eigenvalue weighted by Gasteiger charge is -2.07. The fourth-order valence-corrected chi connectivity index (χ4v) is 1.90. The molecule has 0 N–H and O–H groups in total. The summed E-state index contributed by atoms with van der Waals surface area (Å²) in [6.45, 7) is -0.0602. The van der Waals surface area contributed by atoms with E-state index in [1.165, 1.54) is 32.5 Å². The Kier molecular flexibility index (Phi) is 4.61. The molecule has 2 aromatic rings. The third kappa shape index (κ3) is 3.29. The number of furan rings is 1. The zero-order valence-electron chi connectivity index (χ0n) is 12.4. The smallest absolute Gasteiger partial charge is 0.373 e. The number of carbonyl (C=O) groups is 2. The lowest BCUT2D eigenvalue weighted by atomic mass is 10.2. The van der Waals surface area contributed by atoms with Crippen molar-refractivity contribution in [3.63, 3.8) is 0 Å². The van der Waals surface area contributed by atoms with E-state index in [0.29, 0.717) is 5.76 Å². The van der Waals surface area contributed by atoms with Crippen molar-refractivity contribution in [2.24, 2.45) is 0 Å². The van der Waals surface area contributed by atoms with E-state index in [1.54, 1.807) is 6.07 Å².